The zero-order valence-corrected chi connectivity index (χ0v) is 20.9. The van der Waals surface area contributed by atoms with Gasteiger partial charge in [-0.25, -0.2) is 13.8 Å². The lowest BCUT2D eigenvalue weighted by atomic mass is 10.2. The minimum Gasteiger partial charge on any atom is -0.369 e. The number of aromatic nitrogens is 1. The van der Waals surface area contributed by atoms with Gasteiger partial charge in [0.05, 0.1) is 11.2 Å². The van der Waals surface area contributed by atoms with Crippen LogP contribution in [0.15, 0.2) is 52.2 Å². The molecule has 35 heavy (non-hydrogen) atoms. The highest BCUT2D eigenvalue weighted by atomic mass is 35.5. The van der Waals surface area contributed by atoms with Crippen molar-refractivity contribution in [2.45, 2.75) is 23.9 Å². The maximum Gasteiger partial charge on any atom is 0.322 e. The molecule has 4 rings (SSSR count). The van der Waals surface area contributed by atoms with Crippen LogP contribution < -0.4 is 9.37 Å². The number of carbonyl (C=O) groups is 1. The Kier molecular flexibility index (Phi) is 7.55. The van der Waals surface area contributed by atoms with Crippen LogP contribution in [0.2, 0.25) is 5.02 Å². The van der Waals surface area contributed by atoms with Gasteiger partial charge in [-0.3, -0.25) is 9.69 Å². The van der Waals surface area contributed by atoms with Gasteiger partial charge in [0, 0.05) is 44.2 Å². The second-order valence-electron chi connectivity index (χ2n) is 7.89. The fourth-order valence-corrected chi connectivity index (χ4v) is 6.23. The Hall–Kier alpha value is -2.80. The number of nitrogens with zero attached hydrogens (tertiary/aromatic N) is 4. The van der Waals surface area contributed by atoms with Gasteiger partial charge in [-0.05, 0) is 12.0 Å². The molecule has 8 nitrogen and oxygen atoms in total. The molecular weight excluding hydrogens is 522 g/mol. The molecule has 1 aliphatic heterocycles. The first-order valence-corrected chi connectivity index (χ1v) is 13.2. The van der Waals surface area contributed by atoms with Crippen LogP contribution in [0.25, 0.3) is 0 Å². The third kappa shape index (κ3) is 5.10. The zero-order chi connectivity index (χ0) is 25.2. The molecule has 13 heteroatoms. The maximum absolute atomic E-state index is 15.3. The van der Waals surface area contributed by atoms with Gasteiger partial charge in [0.1, 0.15) is 10.8 Å². The van der Waals surface area contributed by atoms with E-state index in [9.17, 15) is 13.2 Å². The molecule has 0 bridgehead atoms. The summed E-state index contributed by atoms with van der Waals surface area (Å²) in [5.41, 5.74) is 2.44. The largest absolute Gasteiger partial charge is 0.369 e. The monoisotopic (exact) mass is 542 g/mol. The lowest BCUT2D eigenvalue weighted by Gasteiger charge is -2.29. The topological polar surface area (TPSA) is 83.1 Å². The summed E-state index contributed by atoms with van der Waals surface area (Å²) < 4.78 is 56.5. The summed E-state index contributed by atoms with van der Waals surface area (Å²) in [6, 6.07) is 10.7. The van der Waals surface area contributed by atoms with E-state index in [1.807, 2.05) is 30.3 Å². The average molecular weight is 543 g/mol. The number of likely N-dealkylation sites (N-methyl/N-ethyl adjacent to an activating group) is 1. The summed E-state index contributed by atoms with van der Waals surface area (Å²) >= 11 is 7.22. The van der Waals surface area contributed by atoms with Gasteiger partial charge in [0.15, 0.2) is 16.5 Å². The third-order valence-corrected chi connectivity index (χ3v) is 8.28. The van der Waals surface area contributed by atoms with E-state index < -0.39 is 31.6 Å². The standard InChI is InChI=1S/C22H21ClF2N4O4S2/c1-27(16-7-8-28(11-16)10-15-5-3-2-4-6-15)18-9-17(24)22(21(25)20(18)23)35(31,32)29(33-14-30)19-12-34-13-26-19/h2-6,9,12-14,16H,7-8,10-11H2,1H3/t16-/m0/s1. The molecule has 2 aromatic carbocycles. The van der Waals surface area contributed by atoms with E-state index in [0.29, 0.717) is 6.54 Å². The van der Waals surface area contributed by atoms with E-state index in [1.54, 1.807) is 11.9 Å². The van der Waals surface area contributed by atoms with Crippen molar-refractivity contribution in [2.75, 3.05) is 29.5 Å². The summed E-state index contributed by atoms with van der Waals surface area (Å²) in [6.45, 7) is 1.97. The van der Waals surface area contributed by atoms with Crippen LogP contribution in [0.4, 0.5) is 20.3 Å². The van der Waals surface area contributed by atoms with E-state index in [1.165, 1.54) is 10.9 Å². The lowest BCUT2D eigenvalue weighted by Crippen LogP contribution is -2.35. The van der Waals surface area contributed by atoms with E-state index in [0.717, 1.165) is 42.5 Å². The van der Waals surface area contributed by atoms with Crippen LogP contribution in [-0.4, -0.2) is 51.0 Å². The number of sulfonamides is 1. The second kappa shape index (κ2) is 10.4. The SMILES string of the molecule is CN(c1cc(F)c(S(=O)(=O)N(OC=O)c2cscn2)c(F)c1Cl)[C@H]1CCN(Cc2ccccc2)C1. The Morgan fingerprint density at radius 1 is 1.31 bits per heavy atom. The van der Waals surface area contributed by atoms with E-state index in [-0.39, 0.29) is 28.5 Å². The number of hydrogen-bond acceptors (Lipinski definition) is 8. The Labute approximate surface area is 210 Å². The minimum absolute atomic E-state index is 0.0173. The number of halogens is 3. The number of benzene rings is 2. The van der Waals surface area contributed by atoms with Gasteiger partial charge < -0.3 is 9.74 Å². The molecule has 0 amide bonds. The molecule has 1 aliphatic rings. The number of carbonyl (C=O) groups excluding carboxylic acids is 1. The van der Waals surface area contributed by atoms with Crippen LogP contribution >= 0.6 is 22.9 Å². The first-order chi connectivity index (χ1) is 16.7. The molecule has 1 fully saturated rings. The molecular formula is C22H21ClF2N4O4S2. The van der Waals surface area contributed by atoms with Crippen LogP contribution in [0.3, 0.4) is 0 Å². The summed E-state index contributed by atoms with van der Waals surface area (Å²) in [5.74, 6) is -3.19. The van der Waals surface area contributed by atoms with Crippen molar-refractivity contribution < 1.29 is 26.8 Å². The Bertz CT molecular complexity index is 1300. The van der Waals surface area contributed by atoms with Crippen molar-refractivity contribution in [1.29, 1.82) is 0 Å². The Morgan fingerprint density at radius 3 is 2.71 bits per heavy atom. The van der Waals surface area contributed by atoms with Gasteiger partial charge in [-0.2, -0.15) is 8.42 Å². The van der Waals surface area contributed by atoms with E-state index in [4.69, 9.17) is 11.6 Å². The Morgan fingerprint density at radius 2 is 2.06 bits per heavy atom. The van der Waals surface area contributed by atoms with Gasteiger partial charge in [-0.1, -0.05) is 46.4 Å². The maximum atomic E-state index is 15.3. The van der Waals surface area contributed by atoms with Gasteiger partial charge in [-0.15, -0.1) is 11.3 Å². The second-order valence-corrected chi connectivity index (χ2v) is 10.7. The summed E-state index contributed by atoms with van der Waals surface area (Å²) in [7, 11) is -3.36. The van der Waals surface area contributed by atoms with Gasteiger partial charge in [0.2, 0.25) is 0 Å². The van der Waals surface area contributed by atoms with E-state index in [2.05, 4.69) is 14.7 Å². The summed E-state index contributed by atoms with van der Waals surface area (Å²) in [6.07, 6.45) is 0.730. The van der Waals surface area contributed by atoms with Crippen molar-refractivity contribution >= 4 is 50.9 Å². The molecule has 1 aromatic heterocycles. The molecule has 0 N–H and O–H groups in total. The van der Waals surface area contributed by atoms with Gasteiger partial charge >= 0.3 is 16.5 Å². The molecule has 2 heterocycles. The smallest absolute Gasteiger partial charge is 0.322 e. The first kappa shape index (κ1) is 25.3. The zero-order valence-electron chi connectivity index (χ0n) is 18.5. The summed E-state index contributed by atoms with van der Waals surface area (Å²) in [4.78, 5) is 21.6. The van der Waals surface area contributed by atoms with Crippen LogP contribution in [-0.2, 0) is 26.2 Å². The molecule has 0 radical (unpaired) electrons. The van der Waals surface area contributed by atoms with Crippen molar-refractivity contribution in [3.63, 3.8) is 0 Å². The normalized spacial score (nSPS) is 16.3. The fourth-order valence-electron chi connectivity index (χ4n) is 4.02. The molecule has 3 aromatic rings. The first-order valence-electron chi connectivity index (χ1n) is 10.4. The van der Waals surface area contributed by atoms with Crippen LogP contribution in [0, 0.1) is 11.6 Å². The molecule has 1 atom stereocenters. The Balaban J connectivity index is 1.60. The highest BCUT2D eigenvalue weighted by Crippen LogP contribution is 2.38. The number of anilines is 2. The van der Waals surface area contributed by atoms with Crippen molar-refractivity contribution in [2.24, 2.45) is 0 Å². The van der Waals surface area contributed by atoms with Crippen molar-refractivity contribution in [3.8, 4) is 0 Å². The number of hydrogen-bond donors (Lipinski definition) is 0. The predicted molar refractivity (Wildman–Crippen MR) is 129 cm³/mol. The molecule has 0 saturated carbocycles. The molecule has 186 valence electrons. The summed E-state index contributed by atoms with van der Waals surface area (Å²) in [5, 5.41) is 0.681. The fraction of sp³-hybridized carbons (Fsp3) is 0.273. The molecule has 1 saturated heterocycles. The van der Waals surface area contributed by atoms with Gasteiger partial charge in [0.25, 0.3) is 0 Å². The number of thiazole rings is 1. The lowest BCUT2D eigenvalue weighted by molar-refractivity contribution is -0.128. The van der Waals surface area contributed by atoms with Crippen molar-refractivity contribution in [3.05, 3.63) is 69.5 Å². The quantitative estimate of drug-likeness (QED) is 0.229. The molecule has 0 spiro atoms. The molecule has 0 unspecified atom stereocenters. The molecule has 0 aliphatic carbocycles. The highest BCUT2D eigenvalue weighted by molar-refractivity contribution is 7.92. The average Bonchev–Trinajstić information content (AvgIpc) is 3.52. The number of rotatable bonds is 9. The van der Waals surface area contributed by atoms with E-state index >= 15 is 8.78 Å². The van der Waals surface area contributed by atoms with Crippen LogP contribution in [0.5, 0.6) is 0 Å². The number of likely N-dealkylation sites (tertiary alicyclic amines) is 1. The minimum atomic E-state index is -5.01. The third-order valence-electron chi connectivity index (χ3n) is 5.74. The van der Waals surface area contributed by atoms with Crippen molar-refractivity contribution in [1.82, 2.24) is 9.88 Å². The highest BCUT2D eigenvalue weighted by Gasteiger charge is 2.37. The van der Waals surface area contributed by atoms with Crippen LogP contribution in [0.1, 0.15) is 12.0 Å². The predicted octanol–water partition coefficient (Wildman–Crippen LogP) is 4.07.